The number of nitrogens with one attached hydrogen (secondary N) is 1. The first-order valence-electron chi connectivity index (χ1n) is 6.18. The lowest BCUT2D eigenvalue weighted by atomic mass is 10.2. The van der Waals surface area contributed by atoms with Gasteiger partial charge < -0.3 is 15.0 Å². The van der Waals surface area contributed by atoms with E-state index >= 15 is 0 Å². The minimum absolute atomic E-state index is 0.0819. The van der Waals surface area contributed by atoms with Crippen molar-refractivity contribution in [3.8, 4) is 5.88 Å². The van der Waals surface area contributed by atoms with Gasteiger partial charge in [-0.2, -0.15) is 4.98 Å². The van der Waals surface area contributed by atoms with Crippen molar-refractivity contribution in [3.63, 3.8) is 0 Å². The maximum Gasteiger partial charge on any atom is 0.244 e. The normalized spacial score (nSPS) is 19.1. The Morgan fingerprint density at radius 1 is 1.61 bits per heavy atom. The van der Waals surface area contributed by atoms with E-state index in [1.165, 1.54) is 0 Å². The molecule has 1 saturated heterocycles. The van der Waals surface area contributed by atoms with E-state index < -0.39 is 0 Å². The van der Waals surface area contributed by atoms with Crippen molar-refractivity contribution in [3.05, 3.63) is 12.3 Å². The van der Waals surface area contributed by atoms with Crippen LogP contribution in [0, 0.1) is 0 Å². The minimum atomic E-state index is -0.226. The Kier molecular flexibility index (Phi) is 3.96. The predicted molar refractivity (Wildman–Crippen MR) is 67.5 cm³/mol. The second kappa shape index (κ2) is 5.66. The molecule has 1 aromatic heterocycles. The van der Waals surface area contributed by atoms with Crippen LogP contribution in [0.15, 0.2) is 12.3 Å². The molecule has 0 saturated carbocycles. The van der Waals surface area contributed by atoms with Crippen LogP contribution in [0.2, 0.25) is 0 Å². The van der Waals surface area contributed by atoms with Crippen LogP contribution in [-0.2, 0) is 4.79 Å². The monoisotopic (exact) mass is 250 g/mol. The average Bonchev–Trinajstić information content (AvgIpc) is 2.69. The second-order valence-corrected chi connectivity index (χ2v) is 4.31. The molecule has 1 aliphatic heterocycles. The minimum Gasteiger partial charge on any atom is -0.478 e. The number of amides is 1. The molecule has 1 aliphatic rings. The Balaban J connectivity index is 1.99. The Morgan fingerprint density at radius 2 is 2.44 bits per heavy atom. The highest BCUT2D eigenvalue weighted by Crippen LogP contribution is 2.15. The number of aromatic nitrogens is 2. The molecule has 1 unspecified atom stereocenters. The quantitative estimate of drug-likeness (QED) is 0.841. The van der Waals surface area contributed by atoms with Crippen molar-refractivity contribution < 1.29 is 9.53 Å². The first-order valence-corrected chi connectivity index (χ1v) is 6.18. The number of hydrogen-bond donors (Lipinski definition) is 1. The number of carbonyl (C=O) groups excluding carboxylic acids is 1. The number of nitrogens with zero attached hydrogens (tertiary/aromatic N) is 3. The van der Waals surface area contributed by atoms with E-state index in [0.717, 1.165) is 19.4 Å². The summed E-state index contributed by atoms with van der Waals surface area (Å²) in [5, 5.41) is 3.04. The molecule has 6 heteroatoms. The summed E-state index contributed by atoms with van der Waals surface area (Å²) in [5.74, 6) is 1.06. The van der Waals surface area contributed by atoms with Gasteiger partial charge in [0.2, 0.25) is 17.7 Å². The molecular formula is C12H18N4O2. The van der Waals surface area contributed by atoms with E-state index in [4.69, 9.17) is 4.74 Å². The van der Waals surface area contributed by atoms with Crippen LogP contribution in [0.4, 0.5) is 5.95 Å². The Hall–Kier alpha value is -1.85. The van der Waals surface area contributed by atoms with Gasteiger partial charge in [0.1, 0.15) is 6.04 Å². The van der Waals surface area contributed by atoms with E-state index in [1.54, 1.807) is 24.2 Å². The zero-order chi connectivity index (χ0) is 13.0. The molecule has 98 valence electrons. The van der Waals surface area contributed by atoms with Crippen LogP contribution in [0.25, 0.3) is 0 Å². The molecule has 1 atom stereocenters. The maximum absolute atomic E-state index is 11.7. The number of likely N-dealkylation sites (tertiary alicyclic amines) is 1. The van der Waals surface area contributed by atoms with Gasteiger partial charge in [-0.15, -0.1) is 0 Å². The summed E-state index contributed by atoms with van der Waals surface area (Å²) in [6.45, 7) is 3.43. The molecule has 1 N–H and O–H groups in total. The Morgan fingerprint density at radius 3 is 3.11 bits per heavy atom. The highest BCUT2D eigenvalue weighted by molar-refractivity contribution is 5.86. The molecule has 1 amide bonds. The SMILES string of the molecule is CCCOc1ccnc(NC2CCN(C)C2=O)n1. The molecule has 0 spiro atoms. The van der Waals surface area contributed by atoms with Crippen LogP contribution < -0.4 is 10.1 Å². The first-order chi connectivity index (χ1) is 8.70. The number of anilines is 1. The van der Waals surface area contributed by atoms with Crippen molar-refractivity contribution in [1.82, 2.24) is 14.9 Å². The molecule has 1 fully saturated rings. The summed E-state index contributed by atoms with van der Waals surface area (Å²) in [6.07, 6.45) is 3.33. The van der Waals surface area contributed by atoms with Gasteiger partial charge in [-0.05, 0) is 12.8 Å². The lowest BCUT2D eigenvalue weighted by Gasteiger charge is -2.12. The van der Waals surface area contributed by atoms with Gasteiger partial charge in [-0.25, -0.2) is 4.98 Å². The number of likely N-dealkylation sites (N-methyl/N-ethyl adjacent to an activating group) is 1. The number of rotatable bonds is 5. The Labute approximate surface area is 106 Å². The van der Waals surface area contributed by atoms with E-state index in [0.29, 0.717) is 18.4 Å². The molecule has 6 nitrogen and oxygen atoms in total. The van der Waals surface area contributed by atoms with Crippen LogP contribution in [0.1, 0.15) is 19.8 Å². The topological polar surface area (TPSA) is 67.3 Å². The third-order valence-electron chi connectivity index (χ3n) is 2.81. The molecule has 0 aromatic carbocycles. The first kappa shape index (κ1) is 12.6. The van der Waals surface area contributed by atoms with Crippen molar-refractivity contribution >= 4 is 11.9 Å². The van der Waals surface area contributed by atoms with Gasteiger partial charge in [-0.1, -0.05) is 6.92 Å². The van der Waals surface area contributed by atoms with Gasteiger partial charge in [0, 0.05) is 25.9 Å². The predicted octanol–water partition coefficient (Wildman–Crippen LogP) is 0.908. The fourth-order valence-electron chi connectivity index (χ4n) is 1.81. The van der Waals surface area contributed by atoms with Crippen LogP contribution >= 0.6 is 0 Å². The van der Waals surface area contributed by atoms with Crippen molar-refractivity contribution in [2.75, 3.05) is 25.5 Å². The second-order valence-electron chi connectivity index (χ2n) is 4.31. The molecular weight excluding hydrogens is 232 g/mol. The molecule has 2 rings (SSSR count). The summed E-state index contributed by atoms with van der Waals surface area (Å²) >= 11 is 0. The Bertz CT molecular complexity index is 424. The van der Waals surface area contributed by atoms with Crippen LogP contribution in [-0.4, -0.2) is 47.0 Å². The summed E-state index contributed by atoms with van der Waals surface area (Å²) in [7, 11) is 1.80. The van der Waals surface area contributed by atoms with Crippen molar-refractivity contribution in [2.24, 2.45) is 0 Å². The largest absolute Gasteiger partial charge is 0.478 e. The molecule has 0 radical (unpaired) electrons. The molecule has 0 bridgehead atoms. The van der Waals surface area contributed by atoms with E-state index in [2.05, 4.69) is 15.3 Å². The fourth-order valence-corrected chi connectivity index (χ4v) is 1.81. The smallest absolute Gasteiger partial charge is 0.244 e. The summed E-state index contributed by atoms with van der Waals surface area (Å²) in [4.78, 5) is 21.8. The number of hydrogen-bond acceptors (Lipinski definition) is 5. The standard InChI is InChI=1S/C12H18N4O2/c1-3-8-18-10-4-6-13-12(15-10)14-9-5-7-16(2)11(9)17/h4,6,9H,3,5,7-8H2,1-2H3,(H,13,14,15). The third-order valence-corrected chi connectivity index (χ3v) is 2.81. The van der Waals surface area contributed by atoms with Crippen LogP contribution in [0.5, 0.6) is 5.88 Å². The van der Waals surface area contributed by atoms with Gasteiger partial charge in [0.15, 0.2) is 0 Å². The van der Waals surface area contributed by atoms with E-state index in [-0.39, 0.29) is 11.9 Å². The molecule has 1 aromatic rings. The fraction of sp³-hybridized carbons (Fsp3) is 0.583. The number of carbonyl (C=O) groups is 1. The zero-order valence-corrected chi connectivity index (χ0v) is 10.7. The molecule has 0 aliphatic carbocycles. The third kappa shape index (κ3) is 2.88. The summed E-state index contributed by atoms with van der Waals surface area (Å²) in [6, 6.07) is 1.49. The maximum atomic E-state index is 11.7. The van der Waals surface area contributed by atoms with Gasteiger partial charge in [0.25, 0.3) is 0 Å². The van der Waals surface area contributed by atoms with Crippen LogP contribution in [0.3, 0.4) is 0 Å². The lowest BCUT2D eigenvalue weighted by molar-refractivity contribution is -0.127. The highest BCUT2D eigenvalue weighted by atomic mass is 16.5. The highest BCUT2D eigenvalue weighted by Gasteiger charge is 2.29. The number of ether oxygens (including phenoxy) is 1. The summed E-state index contributed by atoms with van der Waals surface area (Å²) < 4.78 is 5.42. The van der Waals surface area contributed by atoms with E-state index in [9.17, 15) is 4.79 Å². The van der Waals surface area contributed by atoms with E-state index in [1.807, 2.05) is 6.92 Å². The molecule has 18 heavy (non-hydrogen) atoms. The lowest BCUT2D eigenvalue weighted by Crippen LogP contribution is -2.31. The molecule has 2 heterocycles. The van der Waals surface area contributed by atoms with Gasteiger partial charge in [-0.3, -0.25) is 4.79 Å². The van der Waals surface area contributed by atoms with Crippen molar-refractivity contribution in [2.45, 2.75) is 25.8 Å². The average molecular weight is 250 g/mol. The van der Waals surface area contributed by atoms with Crippen molar-refractivity contribution in [1.29, 1.82) is 0 Å². The van der Waals surface area contributed by atoms with Gasteiger partial charge >= 0.3 is 0 Å². The zero-order valence-electron chi connectivity index (χ0n) is 10.7. The van der Waals surface area contributed by atoms with Gasteiger partial charge in [0.05, 0.1) is 6.61 Å². The summed E-state index contributed by atoms with van der Waals surface area (Å²) in [5.41, 5.74) is 0.